The van der Waals surface area contributed by atoms with E-state index >= 15 is 0 Å². The molecule has 0 bridgehead atoms. The molecular formula is C23H29ClN2O5S. The predicted molar refractivity (Wildman–Crippen MR) is 126 cm³/mol. The SMILES string of the molecule is COc1ccc(N(C(C)C(=O)NCC2(c3ccccc3)CCOCC2)S(C)(=O)=O)cc1Cl. The molecule has 174 valence electrons. The average molecular weight is 481 g/mol. The van der Waals surface area contributed by atoms with Crippen molar-refractivity contribution in [3.05, 3.63) is 59.1 Å². The number of amides is 1. The van der Waals surface area contributed by atoms with E-state index in [0.29, 0.717) is 31.2 Å². The number of rotatable bonds is 8. The molecule has 3 rings (SSSR count). The van der Waals surface area contributed by atoms with E-state index in [0.717, 1.165) is 29.0 Å². The molecule has 1 atom stereocenters. The third kappa shape index (κ3) is 5.36. The van der Waals surface area contributed by atoms with E-state index in [1.165, 1.54) is 13.2 Å². The van der Waals surface area contributed by atoms with Gasteiger partial charge in [-0.05, 0) is 43.5 Å². The number of nitrogens with zero attached hydrogens (tertiary/aromatic N) is 1. The molecule has 0 aromatic heterocycles. The maximum absolute atomic E-state index is 13.1. The summed E-state index contributed by atoms with van der Waals surface area (Å²) in [5.41, 5.74) is 1.18. The summed E-state index contributed by atoms with van der Waals surface area (Å²) in [5.74, 6) is 0.0365. The van der Waals surface area contributed by atoms with Crippen molar-refractivity contribution in [3.8, 4) is 5.75 Å². The molecule has 1 heterocycles. The highest BCUT2D eigenvalue weighted by Gasteiger charge is 2.36. The number of hydrogen-bond donors (Lipinski definition) is 1. The zero-order chi connectivity index (χ0) is 23.4. The van der Waals surface area contributed by atoms with Crippen LogP contribution >= 0.6 is 11.6 Å². The van der Waals surface area contributed by atoms with Gasteiger partial charge in [-0.25, -0.2) is 8.42 Å². The van der Waals surface area contributed by atoms with Gasteiger partial charge in [0.25, 0.3) is 0 Å². The van der Waals surface area contributed by atoms with Crippen LogP contribution in [0.4, 0.5) is 5.69 Å². The molecule has 1 aliphatic heterocycles. The first-order chi connectivity index (χ1) is 15.2. The molecule has 0 spiro atoms. The molecule has 2 aromatic carbocycles. The number of nitrogens with one attached hydrogen (secondary N) is 1. The van der Waals surface area contributed by atoms with Crippen molar-refractivity contribution < 1.29 is 22.7 Å². The minimum absolute atomic E-state index is 0.256. The van der Waals surface area contributed by atoms with Crippen LogP contribution in [0.3, 0.4) is 0 Å². The molecule has 1 fully saturated rings. The Balaban J connectivity index is 1.82. The van der Waals surface area contributed by atoms with E-state index in [2.05, 4.69) is 17.4 Å². The molecule has 1 saturated heterocycles. The van der Waals surface area contributed by atoms with Crippen LogP contribution < -0.4 is 14.4 Å². The number of ether oxygens (including phenoxy) is 2. The van der Waals surface area contributed by atoms with Crippen molar-refractivity contribution >= 4 is 33.2 Å². The maximum Gasteiger partial charge on any atom is 0.243 e. The second kappa shape index (κ2) is 10.1. The van der Waals surface area contributed by atoms with Gasteiger partial charge in [0.2, 0.25) is 15.9 Å². The van der Waals surface area contributed by atoms with Crippen molar-refractivity contribution in [1.82, 2.24) is 5.32 Å². The van der Waals surface area contributed by atoms with Crippen LogP contribution in [0.15, 0.2) is 48.5 Å². The Morgan fingerprint density at radius 2 is 1.88 bits per heavy atom. The number of halogens is 1. The molecule has 1 amide bonds. The largest absolute Gasteiger partial charge is 0.495 e. The zero-order valence-corrected chi connectivity index (χ0v) is 20.1. The van der Waals surface area contributed by atoms with Crippen molar-refractivity contribution in [2.24, 2.45) is 0 Å². The fourth-order valence-corrected chi connectivity index (χ4v) is 5.55. The summed E-state index contributed by atoms with van der Waals surface area (Å²) in [5, 5.41) is 3.25. The minimum Gasteiger partial charge on any atom is -0.495 e. The first kappa shape index (κ1) is 24.4. The smallest absolute Gasteiger partial charge is 0.243 e. The number of methoxy groups -OCH3 is 1. The van der Waals surface area contributed by atoms with Crippen LogP contribution in [0.25, 0.3) is 0 Å². The summed E-state index contributed by atoms with van der Waals surface area (Å²) in [7, 11) is -2.28. The molecule has 1 aliphatic rings. The van der Waals surface area contributed by atoms with E-state index in [1.54, 1.807) is 19.1 Å². The fraction of sp³-hybridized carbons (Fsp3) is 0.435. The Bertz CT molecular complexity index is 1040. The van der Waals surface area contributed by atoms with Crippen LogP contribution in [0, 0.1) is 0 Å². The van der Waals surface area contributed by atoms with Crippen LogP contribution in [0.1, 0.15) is 25.3 Å². The molecule has 0 aliphatic carbocycles. The molecule has 32 heavy (non-hydrogen) atoms. The Kier molecular flexibility index (Phi) is 7.69. The van der Waals surface area contributed by atoms with Gasteiger partial charge in [0, 0.05) is 25.2 Å². The number of sulfonamides is 1. The topological polar surface area (TPSA) is 84.9 Å². The molecule has 9 heteroatoms. The zero-order valence-electron chi connectivity index (χ0n) is 18.5. The van der Waals surface area contributed by atoms with Crippen molar-refractivity contribution in [2.75, 3.05) is 37.4 Å². The van der Waals surface area contributed by atoms with Gasteiger partial charge in [0.05, 0.1) is 24.1 Å². The maximum atomic E-state index is 13.1. The van der Waals surface area contributed by atoms with Gasteiger partial charge in [-0.3, -0.25) is 9.10 Å². The van der Waals surface area contributed by atoms with Gasteiger partial charge >= 0.3 is 0 Å². The summed E-state index contributed by atoms with van der Waals surface area (Å²) >= 11 is 6.20. The quantitative estimate of drug-likeness (QED) is 0.626. The normalized spacial score (nSPS) is 16.8. The van der Waals surface area contributed by atoms with Crippen LogP contribution in [0.5, 0.6) is 5.75 Å². The highest BCUT2D eigenvalue weighted by molar-refractivity contribution is 7.92. The third-order valence-electron chi connectivity index (χ3n) is 5.92. The number of anilines is 1. The van der Waals surface area contributed by atoms with Crippen LogP contribution in [-0.2, 0) is 25.0 Å². The molecule has 2 aromatic rings. The molecule has 0 saturated carbocycles. The number of carbonyl (C=O) groups excluding carboxylic acids is 1. The molecule has 1 unspecified atom stereocenters. The van der Waals surface area contributed by atoms with Gasteiger partial charge in [0.15, 0.2) is 0 Å². The lowest BCUT2D eigenvalue weighted by atomic mass is 9.74. The first-order valence-electron chi connectivity index (χ1n) is 10.4. The van der Waals surface area contributed by atoms with Gasteiger partial charge in [0.1, 0.15) is 11.8 Å². The third-order valence-corrected chi connectivity index (χ3v) is 7.45. The van der Waals surface area contributed by atoms with Crippen LogP contribution in [0.2, 0.25) is 5.02 Å². The van der Waals surface area contributed by atoms with E-state index in [1.807, 2.05) is 18.2 Å². The first-order valence-corrected chi connectivity index (χ1v) is 12.6. The summed E-state index contributed by atoms with van der Waals surface area (Å²) in [6.45, 7) is 3.18. The summed E-state index contributed by atoms with van der Waals surface area (Å²) in [6.07, 6.45) is 2.62. The van der Waals surface area contributed by atoms with E-state index in [9.17, 15) is 13.2 Å². The molecular weight excluding hydrogens is 452 g/mol. The predicted octanol–water partition coefficient (Wildman–Crippen LogP) is 3.37. The lowest BCUT2D eigenvalue weighted by Crippen LogP contribution is -2.51. The van der Waals surface area contributed by atoms with E-state index in [-0.39, 0.29) is 16.3 Å². The number of benzene rings is 2. The summed E-state index contributed by atoms with van der Waals surface area (Å²) < 4.78 is 36.9. The Hall–Kier alpha value is -2.29. The van der Waals surface area contributed by atoms with Gasteiger partial charge in [-0.15, -0.1) is 0 Å². The van der Waals surface area contributed by atoms with Crippen LogP contribution in [-0.4, -0.2) is 53.5 Å². The Morgan fingerprint density at radius 1 is 1.22 bits per heavy atom. The summed E-state index contributed by atoms with van der Waals surface area (Å²) in [4.78, 5) is 13.1. The van der Waals surface area contributed by atoms with E-state index in [4.69, 9.17) is 21.1 Å². The van der Waals surface area contributed by atoms with Crippen molar-refractivity contribution in [2.45, 2.75) is 31.2 Å². The number of carbonyl (C=O) groups is 1. The van der Waals surface area contributed by atoms with Crippen molar-refractivity contribution in [1.29, 1.82) is 0 Å². The minimum atomic E-state index is -3.76. The lowest BCUT2D eigenvalue weighted by molar-refractivity contribution is -0.122. The fourth-order valence-electron chi connectivity index (χ4n) is 4.13. The number of hydrogen-bond acceptors (Lipinski definition) is 5. The second-order valence-corrected chi connectivity index (χ2v) is 10.3. The standard InChI is InChI=1S/C23H29ClN2O5S/c1-17(26(32(3,28)29)19-9-10-21(30-2)20(24)15-19)22(27)25-16-23(11-13-31-14-12-23)18-7-5-4-6-8-18/h4-10,15,17H,11-14,16H2,1-3H3,(H,25,27). The monoisotopic (exact) mass is 480 g/mol. The Morgan fingerprint density at radius 3 is 2.44 bits per heavy atom. The van der Waals surface area contributed by atoms with Gasteiger partial charge < -0.3 is 14.8 Å². The van der Waals surface area contributed by atoms with Gasteiger partial charge in [-0.1, -0.05) is 41.9 Å². The Labute approximate surface area is 194 Å². The molecule has 1 N–H and O–H groups in total. The van der Waals surface area contributed by atoms with E-state index < -0.39 is 16.1 Å². The summed E-state index contributed by atoms with van der Waals surface area (Å²) in [6, 6.07) is 13.7. The second-order valence-electron chi connectivity index (χ2n) is 8.03. The van der Waals surface area contributed by atoms with Crippen molar-refractivity contribution in [3.63, 3.8) is 0 Å². The molecule has 0 radical (unpaired) electrons. The molecule has 7 nitrogen and oxygen atoms in total. The lowest BCUT2D eigenvalue weighted by Gasteiger charge is -2.38. The average Bonchev–Trinajstić information content (AvgIpc) is 2.78. The van der Waals surface area contributed by atoms with Gasteiger partial charge in [-0.2, -0.15) is 0 Å². The highest BCUT2D eigenvalue weighted by Crippen LogP contribution is 2.35. The highest BCUT2D eigenvalue weighted by atomic mass is 35.5.